The highest BCUT2D eigenvalue weighted by molar-refractivity contribution is 5.50. The highest BCUT2D eigenvalue weighted by atomic mass is 16.5. The molecule has 0 N–H and O–H groups in total. The van der Waals surface area contributed by atoms with Crippen LogP contribution >= 0.6 is 0 Å². The van der Waals surface area contributed by atoms with Gasteiger partial charge in [0.2, 0.25) is 0 Å². The monoisotopic (exact) mass is 220 g/mol. The summed E-state index contributed by atoms with van der Waals surface area (Å²) in [5, 5.41) is 0. The molecule has 0 unspecified atom stereocenters. The van der Waals surface area contributed by atoms with E-state index in [9.17, 15) is 0 Å². The second-order valence-corrected chi connectivity index (χ2v) is 3.53. The highest BCUT2D eigenvalue weighted by Crippen LogP contribution is 2.14. The van der Waals surface area contributed by atoms with Crippen LogP contribution in [0.25, 0.3) is 6.08 Å². The number of benzene rings is 1. The smallest absolute Gasteiger partial charge is 0.119 e. The Morgan fingerprint density at radius 1 is 1.25 bits per heavy atom. The van der Waals surface area contributed by atoms with Gasteiger partial charge in [-0.3, -0.25) is 0 Å². The van der Waals surface area contributed by atoms with Crippen LogP contribution in [0.1, 0.15) is 32.3 Å². The van der Waals surface area contributed by atoms with E-state index in [0.29, 0.717) is 6.61 Å². The zero-order valence-electron chi connectivity index (χ0n) is 10.1. The van der Waals surface area contributed by atoms with Crippen molar-refractivity contribution in [1.29, 1.82) is 0 Å². The van der Waals surface area contributed by atoms with E-state index in [2.05, 4.69) is 6.92 Å². The van der Waals surface area contributed by atoms with Crippen LogP contribution in [0.15, 0.2) is 30.5 Å². The molecule has 0 aliphatic heterocycles. The van der Waals surface area contributed by atoms with Gasteiger partial charge in [0.05, 0.1) is 19.5 Å². The van der Waals surface area contributed by atoms with Crippen molar-refractivity contribution in [2.45, 2.75) is 26.7 Å². The zero-order valence-corrected chi connectivity index (χ0v) is 10.1. The summed E-state index contributed by atoms with van der Waals surface area (Å²) >= 11 is 0. The van der Waals surface area contributed by atoms with Gasteiger partial charge in [0.25, 0.3) is 0 Å². The fraction of sp³-hybridized carbons (Fsp3) is 0.429. The van der Waals surface area contributed by atoms with Crippen molar-refractivity contribution in [3.05, 3.63) is 36.1 Å². The third-order valence-corrected chi connectivity index (χ3v) is 2.14. The van der Waals surface area contributed by atoms with E-state index in [1.165, 1.54) is 0 Å². The molecule has 0 bridgehead atoms. The molecule has 0 radical (unpaired) electrons. The van der Waals surface area contributed by atoms with E-state index in [1.807, 2.05) is 37.3 Å². The average Bonchev–Trinajstić information content (AvgIpc) is 2.30. The molecule has 0 heterocycles. The van der Waals surface area contributed by atoms with Crippen molar-refractivity contribution in [1.82, 2.24) is 0 Å². The van der Waals surface area contributed by atoms with Gasteiger partial charge in [0.15, 0.2) is 0 Å². The van der Waals surface area contributed by atoms with Crippen molar-refractivity contribution in [3.63, 3.8) is 0 Å². The summed E-state index contributed by atoms with van der Waals surface area (Å²) in [5.41, 5.74) is 1.10. The fourth-order valence-electron chi connectivity index (χ4n) is 1.30. The third-order valence-electron chi connectivity index (χ3n) is 2.14. The largest absolute Gasteiger partial charge is 0.501 e. The first kappa shape index (κ1) is 12.6. The Bertz CT molecular complexity index is 318. The average molecular weight is 220 g/mol. The molecule has 0 aromatic heterocycles. The van der Waals surface area contributed by atoms with Crippen LogP contribution in [0.2, 0.25) is 0 Å². The van der Waals surface area contributed by atoms with Crippen LogP contribution in [0.5, 0.6) is 5.75 Å². The van der Waals surface area contributed by atoms with E-state index in [0.717, 1.165) is 30.8 Å². The van der Waals surface area contributed by atoms with Gasteiger partial charge >= 0.3 is 0 Å². The minimum Gasteiger partial charge on any atom is -0.501 e. The molecule has 0 spiro atoms. The van der Waals surface area contributed by atoms with Crippen molar-refractivity contribution < 1.29 is 9.47 Å². The van der Waals surface area contributed by atoms with Gasteiger partial charge in [-0.1, -0.05) is 25.5 Å². The molecule has 1 aromatic rings. The predicted octanol–water partition coefficient (Wildman–Crippen LogP) is 3.87. The minimum absolute atomic E-state index is 0.695. The minimum atomic E-state index is 0.695. The molecule has 16 heavy (non-hydrogen) atoms. The van der Waals surface area contributed by atoms with Crippen LogP contribution < -0.4 is 4.74 Å². The summed E-state index contributed by atoms with van der Waals surface area (Å²) < 4.78 is 10.8. The van der Waals surface area contributed by atoms with Gasteiger partial charge in [-0.15, -0.1) is 0 Å². The van der Waals surface area contributed by atoms with Crippen LogP contribution in [0.4, 0.5) is 0 Å². The number of hydrogen-bond acceptors (Lipinski definition) is 2. The molecule has 0 aliphatic rings. The summed E-state index contributed by atoms with van der Waals surface area (Å²) in [6, 6.07) is 7.97. The number of unbranched alkanes of at least 4 members (excludes halogenated alkanes) is 1. The van der Waals surface area contributed by atoms with Crippen molar-refractivity contribution >= 4 is 6.08 Å². The molecule has 88 valence electrons. The first-order valence-electron chi connectivity index (χ1n) is 5.87. The molecule has 0 fully saturated rings. The molecule has 1 rings (SSSR count). The Hall–Kier alpha value is -1.44. The predicted molar refractivity (Wildman–Crippen MR) is 67.5 cm³/mol. The van der Waals surface area contributed by atoms with E-state index in [4.69, 9.17) is 9.47 Å². The Morgan fingerprint density at radius 2 is 2.12 bits per heavy atom. The second kappa shape index (κ2) is 7.80. The highest BCUT2D eigenvalue weighted by Gasteiger charge is 1.92. The maximum atomic E-state index is 5.42. The van der Waals surface area contributed by atoms with Crippen LogP contribution in [0, 0.1) is 0 Å². The van der Waals surface area contributed by atoms with Gasteiger partial charge in [0.1, 0.15) is 5.75 Å². The van der Waals surface area contributed by atoms with Gasteiger partial charge in [-0.2, -0.15) is 0 Å². The lowest BCUT2D eigenvalue weighted by Gasteiger charge is -2.03. The maximum Gasteiger partial charge on any atom is 0.119 e. The Labute approximate surface area is 97.9 Å². The molecule has 2 heteroatoms. The van der Waals surface area contributed by atoms with Crippen LogP contribution in [-0.4, -0.2) is 13.2 Å². The lowest BCUT2D eigenvalue weighted by Crippen LogP contribution is -1.91. The molecular weight excluding hydrogens is 200 g/mol. The molecule has 0 saturated heterocycles. The van der Waals surface area contributed by atoms with Crippen molar-refractivity contribution in [3.8, 4) is 5.75 Å². The molecule has 0 saturated carbocycles. The fourth-order valence-corrected chi connectivity index (χ4v) is 1.30. The summed E-state index contributed by atoms with van der Waals surface area (Å²) in [6.45, 7) is 5.62. The van der Waals surface area contributed by atoms with Gasteiger partial charge in [0, 0.05) is 0 Å². The Morgan fingerprint density at radius 3 is 2.88 bits per heavy atom. The van der Waals surface area contributed by atoms with Gasteiger partial charge in [-0.05, 0) is 37.1 Å². The van der Waals surface area contributed by atoms with Crippen molar-refractivity contribution in [2.75, 3.05) is 13.2 Å². The first-order chi connectivity index (χ1) is 7.86. The lowest BCUT2D eigenvalue weighted by atomic mass is 10.2. The summed E-state index contributed by atoms with van der Waals surface area (Å²) in [6.07, 6.45) is 5.97. The second-order valence-electron chi connectivity index (χ2n) is 3.53. The topological polar surface area (TPSA) is 18.5 Å². The van der Waals surface area contributed by atoms with E-state index in [1.54, 1.807) is 6.26 Å². The van der Waals surface area contributed by atoms with E-state index in [-0.39, 0.29) is 0 Å². The molecular formula is C14H20O2. The summed E-state index contributed by atoms with van der Waals surface area (Å²) in [4.78, 5) is 0. The van der Waals surface area contributed by atoms with E-state index >= 15 is 0 Å². The Kier molecular flexibility index (Phi) is 6.16. The Balaban J connectivity index is 2.43. The lowest BCUT2D eigenvalue weighted by molar-refractivity contribution is 0.246. The number of rotatable bonds is 7. The standard InChI is InChI=1S/C14H20O2/c1-3-5-10-15-11-9-13-7-6-8-14(12-13)16-4-2/h6-9,11-12H,3-5,10H2,1-2H3. The van der Waals surface area contributed by atoms with Gasteiger partial charge < -0.3 is 9.47 Å². The molecule has 0 amide bonds. The molecule has 0 atom stereocenters. The third kappa shape index (κ3) is 4.87. The summed E-state index contributed by atoms with van der Waals surface area (Å²) in [7, 11) is 0. The molecule has 2 nitrogen and oxygen atoms in total. The van der Waals surface area contributed by atoms with Crippen molar-refractivity contribution in [2.24, 2.45) is 0 Å². The van der Waals surface area contributed by atoms with E-state index < -0.39 is 0 Å². The maximum absolute atomic E-state index is 5.42. The number of ether oxygens (including phenoxy) is 2. The number of hydrogen-bond donors (Lipinski definition) is 0. The molecule has 1 aromatic carbocycles. The SMILES string of the molecule is CCCCOC=Cc1cccc(OCC)c1. The van der Waals surface area contributed by atoms with Gasteiger partial charge in [-0.25, -0.2) is 0 Å². The summed E-state index contributed by atoms with van der Waals surface area (Å²) in [5.74, 6) is 0.901. The van der Waals surface area contributed by atoms with Crippen LogP contribution in [-0.2, 0) is 4.74 Å². The molecule has 0 aliphatic carbocycles. The quantitative estimate of drug-likeness (QED) is 0.513. The zero-order chi connectivity index (χ0) is 11.6. The normalized spacial score (nSPS) is 10.6. The van der Waals surface area contributed by atoms with Crippen LogP contribution in [0.3, 0.4) is 0 Å². The first-order valence-corrected chi connectivity index (χ1v) is 5.87.